The van der Waals surface area contributed by atoms with Crippen molar-refractivity contribution in [3.63, 3.8) is 0 Å². The van der Waals surface area contributed by atoms with Crippen LogP contribution in [-0.4, -0.2) is 26.4 Å². The van der Waals surface area contributed by atoms with E-state index in [1.54, 1.807) is 24.7 Å². The molecule has 0 N–H and O–H groups in total. The Morgan fingerprint density at radius 3 is 2.77 bits per heavy atom. The number of fused-ring (bicyclic) bond motifs is 1. The van der Waals surface area contributed by atoms with Crippen LogP contribution in [0.25, 0.3) is 17.0 Å². The summed E-state index contributed by atoms with van der Waals surface area (Å²) in [5, 5.41) is 9.28. The van der Waals surface area contributed by atoms with Gasteiger partial charge in [-0.25, -0.2) is 15.0 Å². The summed E-state index contributed by atoms with van der Waals surface area (Å²) in [7, 11) is 2.00. The average molecular weight is 340 g/mol. The lowest BCUT2D eigenvalue weighted by Crippen LogP contribution is -2.18. The lowest BCUT2D eigenvalue weighted by Gasteiger charge is -2.18. The third kappa shape index (κ3) is 2.98. The van der Waals surface area contributed by atoms with Gasteiger partial charge in [-0.2, -0.15) is 5.26 Å². The van der Waals surface area contributed by atoms with Crippen molar-refractivity contribution < 1.29 is 0 Å². The Hall–Kier alpha value is -3.72. The molecular formula is C20H16N6. The number of pyridine rings is 1. The molecule has 0 amide bonds. The highest BCUT2D eigenvalue weighted by Crippen LogP contribution is 2.24. The molecule has 0 unspecified atom stereocenters. The van der Waals surface area contributed by atoms with Crippen molar-refractivity contribution in [1.29, 1.82) is 5.26 Å². The highest BCUT2D eigenvalue weighted by Gasteiger charge is 2.12. The van der Waals surface area contributed by atoms with Crippen molar-refractivity contribution in [2.45, 2.75) is 6.54 Å². The Labute approximate surface area is 151 Å². The van der Waals surface area contributed by atoms with Gasteiger partial charge >= 0.3 is 0 Å². The molecule has 26 heavy (non-hydrogen) atoms. The number of hydrogen-bond acceptors (Lipinski definition) is 5. The molecule has 3 heterocycles. The van der Waals surface area contributed by atoms with Gasteiger partial charge in [-0.1, -0.05) is 30.3 Å². The largest absolute Gasteiger partial charge is 0.355 e. The number of rotatable bonds is 4. The molecule has 0 bridgehead atoms. The molecule has 3 aromatic heterocycles. The standard InChI is InChI=1S/C20H16N6/c1-25(13-15-5-3-2-4-6-15)18-7-8-22-19(24-18)17-11-16(12-21)14-26-10-9-23-20(17)26/h2-11,14H,13H2,1H3. The molecule has 0 aliphatic carbocycles. The van der Waals surface area contributed by atoms with Crippen molar-refractivity contribution in [2.24, 2.45) is 0 Å². The Balaban J connectivity index is 1.72. The molecule has 126 valence electrons. The summed E-state index contributed by atoms with van der Waals surface area (Å²) in [6, 6.07) is 16.1. The van der Waals surface area contributed by atoms with E-state index in [1.807, 2.05) is 41.9 Å². The molecule has 0 radical (unpaired) electrons. The van der Waals surface area contributed by atoms with E-state index in [4.69, 9.17) is 4.98 Å². The van der Waals surface area contributed by atoms with Crippen molar-refractivity contribution in [3.8, 4) is 17.5 Å². The molecule has 4 aromatic rings. The molecule has 0 atom stereocenters. The summed E-state index contributed by atoms with van der Waals surface area (Å²) in [5.41, 5.74) is 3.21. The predicted molar refractivity (Wildman–Crippen MR) is 99.5 cm³/mol. The fraction of sp³-hybridized carbons (Fsp3) is 0.100. The van der Waals surface area contributed by atoms with E-state index in [0.717, 1.165) is 23.6 Å². The van der Waals surface area contributed by atoms with Gasteiger partial charge in [0.2, 0.25) is 0 Å². The summed E-state index contributed by atoms with van der Waals surface area (Å²) in [4.78, 5) is 15.5. The van der Waals surface area contributed by atoms with Crippen LogP contribution in [0.15, 0.2) is 67.3 Å². The highest BCUT2D eigenvalue weighted by molar-refractivity contribution is 5.74. The van der Waals surface area contributed by atoms with Crippen molar-refractivity contribution >= 4 is 11.5 Å². The van der Waals surface area contributed by atoms with Gasteiger partial charge in [-0.3, -0.25) is 0 Å². The molecule has 0 saturated carbocycles. The first kappa shape index (κ1) is 15.8. The fourth-order valence-corrected chi connectivity index (χ4v) is 2.89. The maximum atomic E-state index is 9.28. The van der Waals surface area contributed by atoms with Crippen LogP contribution in [0.4, 0.5) is 5.82 Å². The fourth-order valence-electron chi connectivity index (χ4n) is 2.89. The molecule has 4 rings (SSSR count). The summed E-state index contributed by atoms with van der Waals surface area (Å²) < 4.78 is 1.82. The maximum absolute atomic E-state index is 9.28. The lowest BCUT2D eigenvalue weighted by atomic mass is 10.2. The van der Waals surface area contributed by atoms with Gasteiger partial charge < -0.3 is 9.30 Å². The molecule has 0 fully saturated rings. The van der Waals surface area contributed by atoms with Gasteiger partial charge in [-0.05, 0) is 17.7 Å². The highest BCUT2D eigenvalue weighted by atomic mass is 15.2. The average Bonchev–Trinajstić information content (AvgIpc) is 3.16. The second kappa shape index (κ2) is 6.65. The van der Waals surface area contributed by atoms with E-state index >= 15 is 0 Å². The van der Waals surface area contributed by atoms with Crippen molar-refractivity contribution in [1.82, 2.24) is 19.4 Å². The number of nitrogens with zero attached hydrogens (tertiary/aromatic N) is 6. The Morgan fingerprint density at radius 2 is 1.96 bits per heavy atom. The van der Waals surface area contributed by atoms with E-state index < -0.39 is 0 Å². The quantitative estimate of drug-likeness (QED) is 0.570. The monoisotopic (exact) mass is 340 g/mol. The number of hydrogen-bond donors (Lipinski definition) is 0. The summed E-state index contributed by atoms with van der Waals surface area (Å²) in [6.07, 6.45) is 6.99. The number of nitriles is 1. The van der Waals surface area contributed by atoms with E-state index in [-0.39, 0.29) is 0 Å². The SMILES string of the molecule is CN(Cc1ccccc1)c1ccnc(-c2cc(C#N)cn3ccnc23)n1. The zero-order chi connectivity index (χ0) is 17.9. The van der Waals surface area contributed by atoms with Crippen LogP contribution >= 0.6 is 0 Å². The number of aromatic nitrogens is 4. The van der Waals surface area contributed by atoms with E-state index in [2.05, 4.69) is 33.1 Å². The van der Waals surface area contributed by atoms with Gasteiger partial charge in [0.1, 0.15) is 17.5 Å². The van der Waals surface area contributed by atoms with E-state index in [9.17, 15) is 5.26 Å². The minimum absolute atomic E-state index is 0.539. The molecular weight excluding hydrogens is 324 g/mol. The second-order valence-electron chi connectivity index (χ2n) is 5.99. The summed E-state index contributed by atoms with van der Waals surface area (Å²) in [6.45, 7) is 0.744. The zero-order valence-electron chi connectivity index (χ0n) is 14.2. The van der Waals surface area contributed by atoms with Crippen molar-refractivity contribution in [2.75, 3.05) is 11.9 Å². The summed E-state index contributed by atoms with van der Waals surface area (Å²) in [5.74, 6) is 1.36. The number of benzene rings is 1. The number of imidazole rings is 1. The van der Waals surface area contributed by atoms with E-state index in [1.165, 1.54) is 5.56 Å². The first-order chi connectivity index (χ1) is 12.7. The topological polar surface area (TPSA) is 70.1 Å². The Morgan fingerprint density at radius 1 is 1.12 bits per heavy atom. The van der Waals surface area contributed by atoms with Gasteiger partial charge in [0.05, 0.1) is 11.1 Å². The van der Waals surface area contributed by atoms with Crippen LogP contribution in [0.2, 0.25) is 0 Å². The van der Waals surface area contributed by atoms with Crippen LogP contribution in [0.3, 0.4) is 0 Å². The lowest BCUT2D eigenvalue weighted by molar-refractivity contribution is 0.893. The molecule has 0 spiro atoms. The molecule has 6 nitrogen and oxygen atoms in total. The van der Waals surface area contributed by atoms with Crippen LogP contribution in [0.1, 0.15) is 11.1 Å². The molecule has 0 saturated heterocycles. The molecule has 1 aromatic carbocycles. The summed E-state index contributed by atoms with van der Waals surface area (Å²) >= 11 is 0. The molecule has 0 aliphatic heterocycles. The Kier molecular flexibility index (Phi) is 4.04. The number of anilines is 1. The van der Waals surface area contributed by atoms with Gasteiger partial charge in [-0.15, -0.1) is 0 Å². The first-order valence-electron chi connectivity index (χ1n) is 8.20. The predicted octanol–water partition coefficient (Wildman–Crippen LogP) is 3.30. The van der Waals surface area contributed by atoms with Gasteiger partial charge in [0.15, 0.2) is 5.82 Å². The third-order valence-corrected chi connectivity index (χ3v) is 4.15. The van der Waals surface area contributed by atoms with Crippen LogP contribution in [0, 0.1) is 11.3 Å². The normalized spacial score (nSPS) is 10.6. The Bertz CT molecular complexity index is 1090. The van der Waals surface area contributed by atoms with E-state index in [0.29, 0.717) is 11.4 Å². The molecule has 6 heteroatoms. The van der Waals surface area contributed by atoms with Gasteiger partial charge in [0, 0.05) is 38.4 Å². The van der Waals surface area contributed by atoms with Crippen molar-refractivity contribution in [3.05, 3.63) is 78.4 Å². The van der Waals surface area contributed by atoms with Crippen LogP contribution in [0.5, 0.6) is 0 Å². The zero-order valence-corrected chi connectivity index (χ0v) is 14.2. The smallest absolute Gasteiger partial charge is 0.165 e. The maximum Gasteiger partial charge on any atom is 0.165 e. The van der Waals surface area contributed by atoms with Crippen LogP contribution in [-0.2, 0) is 6.54 Å². The molecule has 0 aliphatic rings. The van der Waals surface area contributed by atoms with Gasteiger partial charge in [0.25, 0.3) is 0 Å². The minimum atomic E-state index is 0.539. The second-order valence-corrected chi connectivity index (χ2v) is 5.99. The third-order valence-electron chi connectivity index (χ3n) is 4.15. The van der Waals surface area contributed by atoms with Crippen LogP contribution < -0.4 is 4.90 Å². The minimum Gasteiger partial charge on any atom is -0.355 e. The first-order valence-corrected chi connectivity index (χ1v) is 8.20.